The lowest BCUT2D eigenvalue weighted by Crippen LogP contribution is -2.29. The van der Waals surface area contributed by atoms with Gasteiger partial charge in [0.1, 0.15) is 10.5 Å². The molecule has 0 aromatic carbocycles. The summed E-state index contributed by atoms with van der Waals surface area (Å²) in [6.07, 6.45) is 2.86. The molecule has 8 heteroatoms. The number of rotatable bonds is 5. The predicted molar refractivity (Wildman–Crippen MR) is 72.5 cm³/mol. The zero-order valence-electron chi connectivity index (χ0n) is 10.2. The minimum absolute atomic E-state index is 0.0609. The number of H-pyrrole nitrogens is 1. The Hall–Kier alpha value is -1.15. The van der Waals surface area contributed by atoms with E-state index in [-0.39, 0.29) is 24.0 Å². The number of aromatic nitrogens is 2. The summed E-state index contributed by atoms with van der Waals surface area (Å²) in [5.41, 5.74) is 0.420. The first-order valence-corrected chi connectivity index (χ1v) is 7.54. The number of pyridine rings is 1. The molecule has 104 valence electrons. The van der Waals surface area contributed by atoms with Gasteiger partial charge in [-0.05, 0) is 12.0 Å². The van der Waals surface area contributed by atoms with E-state index in [2.05, 4.69) is 14.7 Å². The molecule has 19 heavy (non-hydrogen) atoms. The fourth-order valence-corrected chi connectivity index (χ4v) is 3.25. The van der Waals surface area contributed by atoms with Crippen LogP contribution in [0.5, 0.6) is 0 Å². The van der Waals surface area contributed by atoms with Crippen LogP contribution in [-0.4, -0.2) is 36.6 Å². The Morgan fingerprint density at radius 2 is 2.32 bits per heavy atom. The predicted octanol–water partition coefficient (Wildman–Crippen LogP) is 1.12. The fraction of sp³-hybridized carbons (Fsp3) is 0.364. The number of aromatic amines is 1. The maximum atomic E-state index is 12.2. The van der Waals surface area contributed by atoms with Crippen LogP contribution in [0, 0.1) is 5.92 Å². The standard InChI is InChI=1S/C11H14ClN3O3S/c1-7(6-16)4-15-19(17,18)9-5-14-11-10(9)8(12)2-3-13-11/h2-3,5,7,15-16H,4,6H2,1H3,(H,13,14). The molecule has 6 nitrogen and oxygen atoms in total. The summed E-state index contributed by atoms with van der Waals surface area (Å²) in [6, 6.07) is 1.53. The van der Waals surface area contributed by atoms with Crippen LogP contribution in [0.1, 0.15) is 6.92 Å². The largest absolute Gasteiger partial charge is 0.396 e. The van der Waals surface area contributed by atoms with E-state index in [1.165, 1.54) is 18.5 Å². The van der Waals surface area contributed by atoms with Crippen molar-refractivity contribution in [1.82, 2.24) is 14.7 Å². The second-order valence-electron chi connectivity index (χ2n) is 4.31. The normalized spacial score (nSPS) is 13.8. The number of fused-ring (bicyclic) bond motifs is 1. The SMILES string of the molecule is CC(CO)CNS(=O)(=O)c1c[nH]c2nccc(Cl)c12. The molecule has 0 radical (unpaired) electrons. The van der Waals surface area contributed by atoms with Crippen molar-refractivity contribution in [2.75, 3.05) is 13.2 Å². The van der Waals surface area contributed by atoms with Gasteiger partial charge in [0.2, 0.25) is 10.0 Å². The van der Waals surface area contributed by atoms with Crippen LogP contribution < -0.4 is 4.72 Å². The van der Waals surface area contributed by atoms with Crippen LogP contribution in [0.3, 0.4) is 0 Å². The molecule has 2 aromatic heterocycles. The molecule has 0 spiro atoms. The van der Waals surface area contributed by atoms with Crippen LogP contribution in [0.2, 0.25) is 5.02 Å². The lowest BCUT2D eigenvalue weighted by atomic mass is 10.2. The third kappa shape index (κ3) is 2.89. The summed E-state index contributed by atoms with van der Waals surface area (Å²) in [6.45, 7) is 1.81. The van der Waals surface area contributed by atoms with Crippen molar-refractivity contribution in [2.24, 2.45) is 5.92 Å². The maximum Gasteiger partial charge on any atom is 0.242 e. The minimum atomic E-state index is -3.69. The van der Waals surface area contributed by atoms with Gasteiger partial charge in [-0.25, -0.2) is 18.1 Å². The average Bonchev–Trinajstić information content (AvgIpc) is 2.82. The van der Waals surface area contributed by atoms with Gasteiger partial charge in [0.05, 0.1) is 10.4 Å². The summed E-state index contributed by atoms with van der Waals surface area (Å²) in [5, 5.41) is 9.60. The van der Waals surface area contributed by atoms with Crippen molar-refractivity contribution in [3.63, 3.8) is 0 Å². The number of nitrogens with one attached hydrogen (secondary N) is 2. The molecule has 2 aromatic rings. The molecular weight excluding hydrogens is 290 g/mol. The van der Waals surface area contributed by atoms with Gasteiger partial charge in [-0.2, -0.15) is 0 Å². The molecular formula is C11H14ClN3O3S. The van der Waals surface area contributed by atoms with E-state index >= 15 is 0 Å². The second-order valence-corrected chi connectivity index (χ2v) is 6.45. The average molecular weight is 304 g/mol. The first-order valence-electron chi connectivity index (χ1n) is 5.68. The number of nitrogens with zero attached hydrogens (tertiary/aromatic N) is 1. The van der Waals surface area contributed by atoms with Crippen LogP contribution >= 0.6 is 11.6 Å². The molecule has 0 aliphatic heterocycles. The van der Waals surface area contributed by atoms with Gasteiger partial charge in [0.15, 0.2) is 0 Å². The van der Waals surface area contributed by atoms with Crippen molar-refractivity contribution >= 4 is 32.7 Å². The lowest BCUT2D eigenvalue weighted by Gasteiger charge is -2.09. The minimum Gasteiger partial charge on any atom is -0.396 e. The van der Waals surface area contributed by atoms with E-state index in [0.29, 0.717) is 16.1 Å². The van der Waals surface area contributed by atoms with Crippen LogP contribution in [0.25, 0.3) is 11.0 Å². The van der Waals surface area contributed by atoms with E-state index in [9.17, 15) is 8.42 Å². The summed E-state index contributed by atoms with van der Waals surface area (Å²) >= 11 is 6.01. The van der Waals surface area contributed by atoms with Gasteiger partial charge in [0.25, 0.3) is 0 Å². The smallest absolute Gasteiger partial charge is 0.242 e. The van der Waals surface area contributed by atoms with Crippen molar-refractivity contribution in [3.05, 3.63) is 23.5 Å². The quantitative estimate of drug-likeness (QED) is 0.771. The van der Waals surface area contributed by atoms with E-state index < -0.39 is 10.0 Å². The fourth-order valence-electron chi connectivity index (χ4n) is 1.59. The lowest BCUT2D eigenvalue weighted by molar-refractivity contribution is 0.238. The van der Waals surface area contributed by atoms with Gasteiger partial charge in [-0.3, -0.25) is 0 Å². The Balaban J connectivity index is 2.38. The van der Waals surface area contributed by atoms with E-state index in [1.807, 2.05) is 0 Å². The highest BCUT2D eigenvalue weighted by molar-refractivity contribution is 7.89. The number of hydrogen-bond acceptors (Lipinski definition) is 4. The molecule has 2 rings (SSSR count). The molecule has 1 unspecified atom stereocenters. The van der Waals surface area contributed by atoms with Gasteiger partial charge in [-0.1, -0.05) is 18.5 Å². The highest BCUT2D eigenvalue weighted by atomic mass is 35.5. The molecule has 2 heterocycles. The number of aliphatic hydroxyl groups excluding tert-OH is 1. The van der Waals surface area contributed by atoms with Gasteiger partial charge >= 0.3 is 0 Å². The Labute approximate surface area is 115 Å². The molecule has 0 aliphatic rings. The van der Waals surface area contributed by atoms with E-state index in [4.69, 9.17) is 16.7 Å². The topological polar surface area (TPSA) is 95.1 Å². The molecule has 0 amide bonds. The highest BCUT2D eigenvalue weighted by Crippen LogP contribution is 2.27. The van der Waals surface area contributed by atoms with Gasteiger partial charge < -0.3 is 10.1 Å². The van der Waals surface area contributed by atoms with Gasteiger partial charge in [0, 0.05) is 25.5 Å². The highest BCUT2D eigenvalue weighted by Gasteiger charge is 2.21. The summed E-state index contributed by atoms with van der Waals surface area (Å²) in [7, 11) is -3.69. The van der Waals surface area contributed by atoms with Crippen LogP contribution in [-0.2, 0) is 10.0 Å². The Kier molecular flexibility index (Phi) is 4.10. The number of sulfonamides is 1. The number of hydrogen-bond donors (Lipinski definition) is 3. The number of aliphatic hydroxyl groups is 1. The molecule has 0 bridgehead atoms. The molecule has 1 atom stereocenters. The van der Waals surface area contributed by atoms with Gasteiger partial charge in [-0.15, -0.1) is 0 Å². The van der Waals surface area contributed by atoms with E-state index in [1.54, 1.807) is 6.92 Å². The van der Waals surface area contributed by atoms with Crippen molar-refractivity contribution in [3.8, 4) is 0 Å². The second kappa shape index (κ2) is 5.46. The summed E-state index contributed by atoms with van der Waals surface area (Å²) in [5.74, 6) is -0.159. The Morgan fingerprint density at radius 1 is 1.58 bits per heavy atom. The molecule has 0 saturated heterocycles. The first kappa shape index (κ1) is 14.3. The van der Waals surface area contributed by atoms with Crippen LogP contribution in [0.15, 0.2) is 23.4 Å². The zero-order valence-corrected chi connectivity index (χ0v) is 11.8. The third-order valence-electron chi connectivity index (χ3n) is 2.71. The first-order chi connectivity index (χ1) is 8.95. The molecule has 0 aliphatic carbocycles. The zero-order chi connectivity index (χ0) is 14.0. The Morgan fingerprint density at radius 3 is 3.00 bits per heavy atom. The van der Waals surface area contributed by atoms with Crippen molar-refractivity contribution < 1.29 is 13.5 Å². The monoisotopic (exact) mass is 303 g/mol. The number of halogens is 1. The maximum absolute atomic E-state index is 12.2. The molecule has 0 saturated carbocycles. The van der Waals surface area contributed by atoms with E-state index in [0.717, 1.165) is 0 Å². The Bertz CT molecular complexity index is 684. The van der Waals surface area contributed by atoms with Crippen LogP contribution in [0.4, 0.5) is 0 Å². The molecule has 0 fully saturated rings. The summed E-state index contributed by atoms with van der Waals surface area (Å²) in [4.78, 5) is 6.85. The third-order valence-corrected chi connectivity index (χ3v) is 4.47. The van der Waals surface area contributed by atoms with Crippen molar-refractivity contribution in [2.45, 2.75) is 11.8 Å². The summed E-state index contributed by atoms with van der Waals surface area (Å²) < 4.78 is 26.8. The molecule has 3 N–H and O–H groups in total. The van der Waals surface area contributed by atoms with Crippen molar-refractivity contribution in [1.29, 1.82) is 0 Å².